The van der Waals surface area contributed by atoms with Crippen molar-refractivity contribution in [2.45, 2.75) is 32.7 Å². The number of methoxy groups -OCH3 is 1. The molecular formula is C34H36N4O6. The van der Waals surface area contributed by atoms with E-state index in [1.165, 1.54) is 13.4 Å². The molecule has 0 saturated carbocycles. The molecule has 0 bridgehead atoms. The largest absolute Gasteiger partial charge is 0.465 e. The Balaban J connectivity index is 1.35. The van der Waals surface area contributed by atoms with Crippen LogP contribution in [0.15, 0.2) is 82.6 Å². The zero-order chi connectivity index (χ0) is 31.0. The van der Waals surface area contributed by atoms with Crippen LogP contribution in [-0.4, -0.2) is 73.2 Å². The Hall–Kier alpha value is -4.86. The van der Waals surface area contributed by atoms with Gasteiger partial charge in [0.25, 0.3) is 5.91 Å². The second-order valence-electron chi connectivity index (χ2n) is 12.3. The summed E-state index contributed by atoms with van der Waals surface area (Å²) in [4.78, 5) is 58.4. The van der Waals surface area contributed by atoms with Gasteiger partial charge in [-0.3, -0.25) is 14.4 Å². The maximum atomic E-state index is 14.0. The number of rotatable bonds is 5. The summed E-state index contributed by atoms with van der Waals surface area (Å²) in [6.07, 6.45) is 2.53. The number of carbonyl (C=O) groups excluding carboxylic acids is 4. The second-order valence-corrected chi connectivity index (χ2v) is 12.3. The number of allylic oxidation sites excluding steroid dienone is 1. The van der Waals surface area contributed by atoms with E-state index in [-0.39, 0.29) is 35.3 Å². The molecule has 0 spiro atoms. The van der Waals surface area contributed by atoms with Gasteiger partial charge >= 0.3 is 5.97 Å². The number of nitrogens with zero attached hydrogens (tertiary/aromatic N) is 3. The summed E-state index contributed by atoms with van der Waals surface area (Å²) in [6.45, 7) is 5.75. The first-order valence-corrected chi connectivity index (χ1v) is 14.8. The third kappa shape index (κ3) is 5.59. The molecule has 1 aliphatic carbocycles. The molecule has 1 N–H and O–H groups in total. The third-order valence-corrected chi connectivity index (χ3v) is 8.61. The van der Waals surface area contributed by atoms with Crippen LogP contribution in [0.25, 0.3) is 0 Å². The monoisotopic (exact) mass is 596 g/mol. The molecule has 10 nitrogen and oxygen atoms in total. The van der Waals surface area contributed by atoms with Crippen LogP contribution in [0.4, 0.5) is 11.4 Å². The summed E-state index contributed by atoms with van der Waals surface area (Å²) < 4.78 is 10.2. The molecular weight excluding hydrogens is 560 g/mol. The van der Waals surface area contributed by atoms with Crippen LogP contribution in [0.5, 0.6) is 0 Å². The average Bonchev–Trinajstić information content (AvgIpc) is 3.52. The first kappa shape index (κ1) is 29.2. The molecule has 10 heteroatoms. The number of para-hydroxylation sites is 2. The highest BCUT2D eigenvalue weighted by molar-refractivity contribution is 6.02. The van der Waals surface area contributed by atoms with Crippen molar-refractivity contribution < 1.29 is 28.3 Å². The van der Waals surface area contributed by atoms with Gasteiger partial charge in [0.1, 0.15) is 0 Å². The SMILES string of the molecule is COC(=O)c1ccc(C2C3=C(CC(C)(C)CC3=O)Nc3ccccc3N2CC(=O)N2CCN(C(=O)c3ccco3)CC2)cc1. The van der Waals surface area contributed by atoms with Gasteiger partial charge in [0, 0.05) is 43.9 Å². The number of hydrogen-bond acceptors (Lipinski definition) is 8. The molecule has 1 atom stereocenters. The van der Waals surface area contributed by atoms with E-state index in [4.69, 9.17) is 9.15 Å². The highest BCUT2D eigenvalue weighted by Crippen LogP contribution is 2.48. The quantitative estimate of drug-likeness (QED) is 0.423. The van der Waals surface area contributed by atoms with Crippen molar-refractivity contribution >= 4 is 34.9 Å². The number of esters is 1. The van der Waals surface area contributed by atoms with Crippen molar-refractivity contribution in [1.29, 1.82) is 0 Å². The smallest absolute Gasteiger partial charge is 0.337 e. The van der Waals surface area contributed by atoms with Gasteiger partial charge in [0.2, 0.25) is 5.91 Å². The van der Waals surface area contributed by atoms with Crippen molar-refractivity contribution in [2.24, 2.45) is 5.41 Å². The van der Waals surface area contributed by atoms with Crippen LogP contribution < -0.4 is 10.2 Å². The Bertz CT molecular complexity index is 1620. The number of furan rings is 1. The van der Waals surface area contributed by atoms with E-state index in [2.05, 4.69) is 19.2 Å². The van der Waals surface area contributed by atoms with Crippen molar-refractivity contribution in [1.82, 2.24) is 9.80 Å². The number of Topliss-reactive ketones (excluding diaryl/α,β-unsaturated/α-hetero) is 1. The van der Waals surface area contributed by atoms with E-state index in [1.807, 2.05) is 41.3 Å². The molecule has 3 heterocycles. The summed E-state index contributed by atoms with van der Waals surface area (Å²) in [6, 6.07) is 17.6. The topological polar surface area (TPSA) is 112 Å². The summed E-state index contributed by atoms with van der Waals surface area (Å²) in [5, 5.41) is 3.57. The van der Waals surface area contributed by atoms with E-state index in [1.54, 1.807) is 34.1 Å². The summed E-state index contributed by atoms with van der Waals surface area (Å²) >= 11 is 0. The molecule has 228 valence electrons. The molecule has 44 heavy (non-hydrogen) atoms. The van der Waals surface area contributed by atoms with Gasteiger partial charge in [-0.05, 0) is 53.8 Å². The molecule has 0 radical (unpaired) electrons. The van der Waals surface area contributed by atoms with Crippen molar-refractivity contribution in [3.63, 3.8) is 0 Å². The van der Waals surface area contributed by atoms with Crippen LogP contribution >= 0.6 is 0 Å². The number of piperazine rings is 1. The minimum atomic E-state index is -0.567. The van der Waals surface area contributed by atoms with Crippen LogP contribution in [0.3, 0.4) is 0 Å². The Morgan fingerprint density at radius 1 is 0.932 bits per heavy atom. The Morgan fingerprint density at radius 3 is 2.32 bits per heavy atom. The highest BCUT2D eigenvalue weighted by atomic mass is 16.5. The highest BCUT2D eigenvalue weighted by Gasteiger charge is 2.42. The maximum absolute atomic E-state index is 14.0. The lowest BCUT2D eigenvalue weighted by atomic mass is 9.73. The molecule has 1 fully saturated rings. The van der Waals surface area contributed by atoms with Crippen molar-refractivity contribution in [3.05, 3.63) is 95.1 Å². The molecule has 2 aromatic carbocycles. The fourth-order valence-electron chi connectivity index (χ4n) is 6.45. The Labute approximate surface area is 256 Å². The fourth-order valence-corrected chi connectivity index (χ4v) is 6.45. The minimum Gasteiger partial charge on any atom is -0.465 e. The number of fused-ring (bicyclic) bond motifs is 1. The standard InChI is InChI=1S/C34H36N4O6/c1-34(2)19-25-30(27(39)20-34)31(22-10-12-23(13-11-22)33(42)43-3)38(26-8-5-4-7-24(26)35-25)21-29(40)36-14-16-37(17-15-36)32(41)28-9-6-18-44-28/h4-13,18,31,35H,14-17,19-21H2,1-3H3. The molecule has 3 aliphatic rings. The lowest BCUT2D eigenvalue weighted by Gasteiger charge is -2.39. The first-order chi connectivity index (χ1) is 21.1. The predicted molar refractivity (Wildman–Crippen MR) is 164 cm³/mol. The van der Waals surface area contributed by atoms with Crippen molar-refractivity contribution in [2.75, 3.05) is 50.1 Å². The maximum Gasteiger partial charge on any atom is 0.337 e. The van der Waals surface area contributed by atoms with Crippen LogP contribution in [0.1, 0.15) is 59.2 Å². The van der Waals surface area contributed by atoms with Gasteiger partial charge in [-0.25, -0.2) is 4.79 Å². The lowest BCUT2D eigenvalue weighted by molar-refractivity contribution is -0.131. The van der Waals surface area contributed by atoms with Gasteiger partial charge in [0.05, 0.1) is 42.9 Å². The van der Waals surface area contributed by atoms with E-state index >= 15 is 0 Å². The van der Waals surface area contributed by atoms with E-state index in [0.717, 1.165) is 22.6 Å². The van der Waals surface area contributed by atoms with Crippen molar-refractivity contribution in [3.8, 4) is 0 Å². The van der Waals surface area contributed by atoms with Crippen LogP contribution in [0, 0.1) is 5.41 Å². The zero-order valence-electron chi connectivity index (χ0n) is 25.2. The lowest BCUT2D eigenvalue weighted by Crippen LogP contribution is -2.53. The summed E-state index contributed by atoms with van der Waals surface area (Å²) in [5.41, 5.74) is 4.07. The average molecular weight is 597 g/mol. The zero-order valence-corrected chi connectivity index (χ0v) is 25.2. The minimum absolute atomic E-state index is 0.0156. The normalized spacial score (nSPS) is 19.5. The van der Waals surface area contributed by atoms with Crippen LogP contribution in [0.2, 0.25) is 0 Å². The predicted octanol–water partition coefficient (Wildman–Crippen LogP) is 4.67. The molecule has 2 amide bonds. The van der Waals surface area contributed by atoms with E-state index in [0.29, 0.717) is 50.2 Å². The Morgan fingerprint density at radius 2 is 1.64 bits per heavy atom. The number of anilines is 2. The van der Waals surface area contributed by atoms with E-state index in [9.17, 15) is 19.2 Å². The second kappa shape index (κ2) is 11.7. The van der Waals surface area contributed by atoms with Crippen LogP contribution in [-0.2, 0) is 14.3 Å². The molecule has 1 saturated heterocycles. The number of ether oxygens (including phenoxy) is 1. The van der Waals surface area contributed by atoms with Gasteiger partial charge in [-0.2, -0.15) is 0 Å². The van der Waals surface area contributed by atoms with Gasteiger partial charge in [0.15, 0.2) is 11.5 Å². The van der Waals surface area contributed by atoms with Gasteiger partial charge in [-0.1, -0.05) is 38.1 Å². The first-order valence-electron chi connectivity index (χ1n) is 14.8. The number of nitrogens with one attached hydrogen (secondary N) is 1. The number of benzene rings is 2. The Kier molecular flexibility index (Phi) is 7.75. The number of hydrogen-bond donors (Lipinski definition) is 1. The van der Waals surface area contributed by atoms with Gasteiger partial charge < -0.3 is 29.2 Å². The molecule has 3 aromatic rings. The third-order valence-electron chi connectivity index (χ3n) is 8.61. The number of carbonyl (C=O) groups is 4. The number of amides is 2. The molecule has 1 unspecified atom stereocenters. The summed E-state index contributed by atoms with van der Waals surface area (Å²) in [5.74, 6) is -0.432. The molecule has 1 aromatic heterocycles. The van der Waals surface area contributed by atoms with Gasteiger partial charge in [-0.15, -0.1) is 0 Å². The summed E-state index contributed by atoms with van der Waals surface area (Å²) in [7, 11) is 1.34. The van der Waals surface area contributed by atoms with E-state index < -0.39 is 12.0 Å². The molecule has 2 aliphatic heterocycles. The number of ketones is 1. The molecule has 6 rings (SSSR count). The fraction of sp³-hybridized carbons (Fsp3) is 0.353.